The van der Waals surface area contributed by atoms with E-state index in [0.29, 0.717) is 24.4 Å². The first-order chi connectivity index (χ1) is 20.2. The fourth-order valence-electron chi connectivity index (χ4n) is 4.54. The molecule has 3 atom stereocenters. The van der Waals surface area contributed by atoms with Crippen LogP contribution in [-0.4, -0.2) is 99.2 Å². The summed E-state index contributed by atoms with van der Waals surface area (Å²) in [6, 6.07) is -0.999. The first-order valence-electron chi connectivity index (χ1n) is 12.3. The third-order valence-electron chi connectivity index (χ3n) is 6.33. The number of carbonyl (C=O) groups excluding carboxylic acids is 3. The highest BCUT2D eigenvalue weighted by Crippen LogP contribution is 2.42. The van der Waals surface area contributed by atoms with Gasteiger partial charge in [0.25, 0.3) is 17.7 Å². The van der Waals surface area contributed by atoms with Gasteiger partial charge >= 0.3 is 5.97 Å². The van der Waals surface area contributed by atoms with E-state index in [4.69, 9.17) is 20.1 Å². The molecule has 0 bridgehead atoms. The highest BCUT2D eigenvalue weighted by atomic mass is 32.2. The molecule has 0 unspecified atom stereocenters. The highest BCUT2D eigenvalue weighted by molar-refractivity contribution is 8.00. The maximum absolute atomic E-state index is 13.2. The van der Waals surface area contributed by atoms with Gasteiger partial charge in [0.15, 0.2) is 21.7 Å². The molecule has 0 radical (unpaired) electrons. The highest BCUT2D eigenvalue weighted by Gasteiger charge is 2.55. The van der Waals surface area contributed by atoms with E-state index in [-0.39, 0.29) is 44.9 Å². The number of oxime groups is 2. The van der Waals surface area contributed by atoms with Gasteiger partial charge in [-0.3, -0.25) is 24.6 Å². The second kappa shape index (κ2) is 12.4. The van der Waals surface area contributed by atoms with Gasteiger partial charge in [-0.1, -0.05) is 10.3 Å². The van der Waals surface area contributed by atoms with Gasteiger partial charge in [0.1, 0.15) is 42.7 Å². The number of thioether (sulfide) groups is 1. The number of hydrogen-bond donors (Lipinski definition) is 4. The molecule has 0 aromatic carbocycles. The third-order valence-corrected chi connectivity index (χ3v) is 9.07. The van der Waals surface area contributed by atoms with E-state index in [1.165, 1.54) is 36.3 Å². The van der Waals surface area contributed by atoms with Crippen LogP contribution in [0, 0.1) is 0 Å². The molecule has 2 aromatic rings. The largest absolute Gasteiger partial charge is 0.477 e. The lowest BCUT2D eigenvalue weighted by atomic mass is 9.99. The Balaban J connectivity index is 1.28. The molecular weight excluding hydrogens is 613 g/mol. The van der Waals surface area contributed by atoms with E-state index in [2.05, 4.69) is 30.9 Å². The molecule has 5 rings (SSSR count). The van der Waals surface area contributed by atoms with Crippen LogP contribution in [0.25, 0.3) is 0 Å². The number of carboxylic acids is 1. The van der Waals surface area contributed by atoms with Gasteiger partial charge in [-0.2, -0.15) is 0 Å². The molecule has 2 aromatic heterocycles. The molecule has 3 amide bonds. The Morgan fingerprint density at radius 1 is 1.12 bits per heavy atom. The van der Waals surface area contributed by atoms with Crippen molar-refractivity contribution < 1.29 is 38.7 Å². The van der Waals surface area contributed by atoms with Crippen LogP contribution in [0.1, 0.15) is 24.2 Å². The van der Waals surface area contributed by atoms with E-state index in [0.717, 1.165) is 29.1 Å². The fourth-order valence-corrected chi connectivity index (χ4v) is 7.18. The quantitative estimate of drug-likeness (QED) is 0.159. The molecule has 0 saturated carbocycles. The van der Waals surface area contributed by atoms with Gasteiger partial charge in [-0.25, -0.2) is 14.8 Å². The van der Waals surface area contributed by atoms with E-state index in [1.54, 1.807) is 5.38 Å². The summed E-state index contributed by atoms with van der Waals surface area (Å²) in [5.41, 5.74) is 6.00. The van der Waals surface area contributed by atoms with E-state index in [9.17, 15) is 24.3 Å². The monoisotopic (exact) mass is 636 g/mol. The molecule has 42 heavy (non-hydrogen) atoms. The van der Waals surface area contributed by atoms with Crippen molar-refractivity contribution in [3.05, 3.63) is 33.4 Å². The lowest BCUT2D eigenvalue weighted by molar-refractivity contribution is -0.150. The molecule has 16 nitrogen and oxygen atoms in total. The summed E-state index contributed by atoms with van der Waals surface area (Å²) in [5.74, 6) is -2.90. The number of β-lactam (4-membered cyclic amide) rings is 1. The summed E-state index contributed by atoms with van der Waals surface area (Å²) in [5, 5.41) is 25.3. The third kappa shape index (κ3) is 5.67. The number of rotatable bonds is 10. The van der Waals surface area contributed by atoms with E-state index < -0.39 is 35.1 Å². The Labute approximate surface area is 250 Å². The Morgan fingerprint density at radius 2 is 1.81 bits per heavy atom. The number of nitrogens with two attached hydrogens (primary N) is 1. The van der Waals surface area contributed by atoms with Crippen molar-refractivity contribution in [2.75, 3.05) is 37.6 Å². The Kier molecular flexibility index (Phi) is 8.71. The predicted molar refractivity (Wildman–Crippen MR) is 153 cm³/mol. The SMILES string of the molecule is CO/N=C(\C(=O)Nc1nc(/C(=N/OC)C(=O)N[C@@H]2C(=O)N3C(C(=O)O)=C([C@@H]4CCCO4)CS[C@H]23)cs1)c1csc(N)n1. The molecule has 222 valence electrons. The number of nitrogen functional groups attached to an aromatic ring is 1. The number of aromatic nitrogens is 2. The number of amides is 3. The van der Waals surface area contributed by atoms with E-state index in [1.807, 2.05) is 0 Å². The second-order valence-electron chi connectivity index (χ2n) is 8.85. The van der Waals surface area contributed by atoms with Crippen molar-refractivity contribution in [3.8, 4) is 0 Å². The molecule has 3 aliphatic heterocycles. The minimum Gasteiger partial charge on any atom is -0.477 e. The number of aliphatic carboxylic acids is 1. The number of fused-ring (bicyclic) bond motifs is 1. The minimum atomic E-state index is -1.22. The summed E-state index contributed by atoms with van der Waals surface area (Å²) in [4.78, 5) is 70.3. The maximum Gasteiger partial charge on any atom is 0.352 e. The van der Waals surface area contributed by atoms with Crippen LogP contribution in [0.4, 0.5) is 10.3 Å². The molecule has 0 spiro atoms. The zero-order valence-electron chi connectivity index (χ0n) is 22.1. The Bertz CT molecular complexity index is 1510. The van der Waals surface area contributed by atoms with Crippen LogP contribution in [-0.2, 0) is 33.6 Å². The van der Waals surface area contributed by atoms with Crippen molar-refractivity contribution in [2.24, 2.45) is 10.3 Å². The zero-order valence-corrected chi connectivity index (χ0v) is 24.5. The minimum absolute atomic E-state index is 0.0597. The molecule has 2 saturated heterocycles. The van der Waals surface area contributed by atoms with E-state index >= 15 is 0 Å². The number of nitrogens with zero attached hydrogens (tertiary/aromatic N) is 5. The predicted octanol–water partition coefficient (Wildman–Crippen LogP) is 0.439. The first kappa shape index (κ1) is 29.4. The van der Waals surface area contributed by atoms with Gasteiger partial charge in [-0.15, -0.1) is 34.4 Å². The van der Waals surface area contributed by atoms with Crippen molar-refractivity contribution in [1.82, 2.24) is 20.2 Å². The smallest absolute Gasteiger partial charge is 0.352 e. The van der Waals surface area contributed by atoms with Gasteiger partial charge in [-0.05, 0) is 18.4 Å². The summed E-state index contributed by atoms with van der Waals surface area (Å²) >= 11 is 3.46. The summed E-state index contributed by atoms with van der Waals surface area (Å²) < 4.78 is 5.66. The van der Waals surface area contributed by atoms with Crippen molar-refractivity contribution >= 4 is 79.8 Å². The van der Waals surface area contributed by atoms with Crippen LogP contribution in [0.2, 0.25) is 0 Å². The lowest BCUT2D eigenvalue weighted by Gasteiger charge is -2.49. The summed E-state index contributed by atoms with van der Waals surface area (Å²) in [6.07, 6.45) is 1.16. The van der Waals surface area contributed by atoms with Gasteiger partial charge in [0.2, 0.25) is 0 Å². The average Bonchev–Trinajstić information content (AvgIpc) is 3.75. The van der Waals surface area contributed by atoms with Crippen molar-refractivity contribution in [1.29, 1.82) is 0 Å². The second-order valence-corrected chi connectivity index (χ2v) is 11.7. The summed E-state index contributed by atoms with van der Waals surface area (Å²) in [7, 11) is 2.51. The van der Waals surface area contributed by atoms with Crippen LogP contribution < -0.4 is 16.4 Å². The number of thiazole rings is 2. The maximum atomic E-state index is 13.2. The van der Waals surface area contributed by atoms with Gasteiger partial charge in [0.05, 0.1) is 6.10 Å². The first-order valence-corrected chi connectivity index (χ1v) is 15.1. The summed E-state index contributed by atoms with van der Waals surface area (Å²) in [6.45, 7) is 0.536. The van der Waals surface area contributed by atoms with Crippen LogP contribution in [0.5, 0.6) is 0 Å². The van der Waals surface area contributed by atoms with Gasteiger partial charge in [0, 0.05) is 23.1 Å². The fraction of sp³-hybridized carbons (Fsp3) is 0.391. The Hall–Kier alpha value is -4.07. The van der Waals surface area contributed by atoms with Crippen LogP contribution >= 0.6 is 34.4 Å². The topological polar surface area (TPSA) is 220 Å². The number of ether oxygens (including phenoxy) is 1. The molecule has 5 heterocycles. The normalized spacial score (nSPS) is 22.4. The van der Waals surface area contributed by atoms with Crippen molar-refractivity contribution in [2.45, 2.75) is 30.4 Å². The number of nitrogens with one attached hydrogen (secondary N) is 2. The van der Waals surface area contributed by atoms with Gasteiger partial charge < -0.3 is 30.6 Å². The number of anilines is 2. The number of carboxylic acid groups (broad SMARTS) is 1. The van der Waals surface area contributed by atoms with Crippen molar-refractivity contribution in [3.63, 3.8) is 0 Å². The molecule has 2 fully saturated rings. The standard InChI is InChI=1S/C23H24N8O8S3/c1-37-29-13(10-7-41-22(24)25-10)18(33)28-23-26-11(8-42-23)14(30-38-2)17(32)27-15-19(34)31-16(21(35)36)9(6-40-20(15)31)12-4-3-5-39-12/h7-8,12,15,20H,3-6H2,1-2H3,(H2,24,25)(H,27,32)(H,35,36)(H,26,28,33)/b29-13-,30-14-/t12-,15+,20+/m0/s1. The number of carbonyl (C=O) groups is 4. The molecular formula is C23H24N8O8S3. The molecule has 5 N–H and O–H groups in total. The Morgan fingerprint density at radius 3 is 2.43 bits per heavy atom. The molecule has 3 aliphatic rings. The van der Waals surface area contributed by atoms with Crippen LogP contribution in [0.15, 0.2) is 32.3 Å². The zero-order chi connectivity index (χ0) is 30.0. The average molecular weight is 637 g/mol. The molecule has 19 heteroatoms. The molecule has 0 aliphatic carbocycles. The number of hydrogen-bond acceptors (Lipinski definition) is 15. The van der Waals surface area contributed by atoms with Crippen LogP contribution in [0.3, 0.4) is 0 Å². The lowest BCUT2D eigenvalue weighted by Crippen LogP contribution is -2.71.